The number of benzene rings is 1. The second kappa shape index (κ2) is 5.36. The van der Waals surface area contributed by atoms with Crippen LogP contribution in [0.2, 0.25) is 0 Å². The summed E-state index contributed by atoms with van der Waals surface area (Å²) >= 11 is 0. The molecule has 1 aromatic rings. The number of carbonyl (C=O) groups is 1. The van der Waals surface area contributed by atoms with Crippen LogP contribution < -0.4 is 10.5 Å². The lowest BCUT2D eigenvalue weighted by atomic mass is 10.2. The number of nitrogens with one attached hydrogen (secondary N) is 1. The maximum Gasteiger partial charge on any atom is 0.337 e. The van der Waals surface area contributed by atoms with Crippen LogP contribution in [0.3, 0.4) is 0 Å². The van der Waals surface area contributed by atoms with E-state index in [-0.39, 0.29) is 22.2 Å². The van der Waals surface area contributed by atoms with Crippen molar-refractivity contribution in [1.29, 1.82) is 0 Å². The van der Waals surface area contributed by atoms with Crippen molar-refractivity contribution >= 4 is 21.7 Å². The summed E-state index contributed by atoms with van der Waals surface area (Å²) in [5.74, 6) is -1.33. The quantitative estimate of drug-likeness (QED) is 0.694. The molecule has 6 nitrogen and oxygen atoms in total. The summed E-state index contributed by atoms with van der Waals surface area (Å²) in [5.41, 5.74) is 5.33. The molecule has 0 bridgehead atoms. The minimum atomic E-state index is -3.85. The third-order valence-corrected chi connectivity index (χ3v) is 4.14. The van der Waals surface area contributed by atoms with Gasteiger partial charge in [-0.25, -0.2) is 17.9 Å². The lowest BCUT2D eigenvalue weighted by Crippen LogP contribution is -2.33. The number of anilines is 1. The van der Waals surface area contributed by atoms with Gasteiger partial charge in [0.05, 0.1) is 10.5 Å². The third kappa shape index (κ3) is 3.21. The Labute approximate surface area is 106 Å². The lowest BCUT2D eigenvalue weighted by molar-refractivity contribution is 0.0692. The molecule has 0 saturated carbocycles. The Balaban J connectivity index is 3.28. The fraction of sp³-hybridized carbons (Fsp3) is 0.364. The van der Waals surface area contributed by atoms with Gasteiger partial charge < -0.3 is 10.8 Å². The molecule has 1 aromatic carbocycles. The standard InChI is InChI=1S/C11H16N2O4S/c1-3-7(2)13-18(16,17)10-5-4-8(12)6-9(10)11(14)15/h4-7,13H,3,12H2,1-2H3,(H,14,15). The average molecular weight is 272 g/mol. The molecule has 1 rings (SSSR count). The molecule has 7 heteroatoms. The first-order valence-electron chi connectivity index (χ1n) is 5.43. The van der Waals surface area contributed by atoms with Crippen molar-refractivity contribution in [3.63, 3.8) is 0 Å². The summed E-state index contributed by atoms with van der Waals surface area (Å²) in [6.07, 6.45) is 0.608. The van der Waals surface area contributed by atoms with Crippen LogP contribution >= 0.6 is 0 Å². The van der Waals surface area contributed by atoms with Gasteiger partial charge in [-0.15, -0.1) is 0 Å². The summed E-state index contributed by atoms with van der Waals surface area (Å²) in [4.78, 5) is 10.8. The number of sulfonamides is 1. The fourth-order valence-electron chi connectivity index (χ4n) is 1.36. The summed E-state index contributed by atoms with van der Waals surface area (Å²) in [5, 5.41) is 9.00. The van der Waals surface area contributed by atoms with Crippen LogP contribution in [0.25, 0.3) is 0 Å². The first-order chi connectivity index (χ1) is 8.27. The van der Waals surface area contributed by atoms with Crippen molar-refractivity contribution in [2.75, 3.05) is 5.73 Å². The Morgan fingerprint density at radius 1 is 1.50 bits per heavy atom. The maximum atomic E-state index is 12.0. The predicted octanol–water partition coefficient (Wildman–Crippen LogP) is 1.04. The van der Waals surface area contributed by atoms with Crippen LogP contribution in [0, 0.1) is 0 Å². The molecule has 0 heterocycles. The molecule has 0 saturated heterocycles. The molecule has 18 heavy (non-hydrogen) atoms. The molecule has 0 aliphatic heterocycles. The van der Waals surface area contributed by atoms with Crippen LogP contribution in [0.1, 0.15) is 30.6 Å². The Hall–Kier alpha value is -1.60. The van der Waals surface area contributed by atoms with Crippen LogP contribution in [0.15, 0.2) is 23.1 Å². The van der Waals surface area contributed by atoms with Crippen LogP contribution in [-0.4, -0.2) is 25.5 Å². The summed E-state index contributed by atoms with van der Waals surface area (Å²) in [6, 6.07) is 3.42. The van der Waals surface area contributed by atoms with E-state index in [4.69, 9.17) is 10.8 Å². The Kier molecular flexibility index (Phi) is 4.31. The van der Waals surface area contributed by atoms with Crippen molar-refractivity contribution < 1.29 is 18.3 Å². The molecule has 100 valence electrons. The number of rotatable bonds is 5. The lowest BCUT2D eigenvalue weighted by Gasteiger charge is -2.13. The first-order valence-corrected chi connectivity index (χ1v) is 6.91. The maximum absolute atomic E-state index is 12.0. The molecule has 0 amide bonds. The van der Waals surface area contributed by atoms with Crippen molar-refractivity contribution in [1.82, 2.24) is 4.72 Å². The molecule has 0 aromatic heterocycles. The van der Waals surface area contributed by atoms with E-state index in [9.17, 15) is 13.2 Å². The van der Waals surface area contributed by atoms with Gasteiger partial charge in [0, 0.05) is 11.7 Å². The monoisotopic (exact) mass is 272 g/mol. The van der Waals surface area contributed by atoms with Crippen LogP contribution in [0.4, 0.5) is 5.69 Å². The van der Waals surface area contributed by atoms with E-state index in [1.807, 2.05) is 6.92 Å². The van der Waals surface area contributed by atoms with E-state index in [1.165, 1.54) is 12.1 Å². The minimum Gasteiger partial charge on any atom is -0.478 e. The number of aromatic carboxylic acids is 1. The molecule has 0 spiro atoms. The number of hydrogen-bond donors (Lipinski definition) is 3. The van der Waals surface area contributed by atoms with Crippen molar-refractivity contribution in [3.8, 4) is 0 Å². The molecule has 0 aliphatic rings. The van der Waals surface area contributed by atoms with Gasteiger partial charge in [0.2, 0.25) is 10.0 Å². The van der Waals surface area contributed by atoms with E-state index in [0.717, 1.165) is 6.07 Å². The number of carboxylic acids is 1. The number of hydrogen-bond acceptors (Lipinski definition) is 4. The zero-order chi connectivity index (χ0) is 13.9. The highest BCUT2D eigenvalue weighted by Gasteiger charge is 2.23. The second-order valence-electron chi connectivity index (χ2n) is 3.99. The first kappa shape index (κ1) is 14.5. The van der Waals surface area contributed by atoms with Crippen molar-refractivity contribution in [2.24, 2.45) is 0 Å². The number of nitrogen functional groups attached to an aromatic ring is 1. The van der Waals surface area contributed by atoms with E-state index in [1.54, 1.807) is 6.92 Å². The van der Waals surface area contributed by atoms with E-state index >= 15 is 0 Å². The van der Waals surface area contributed by atoms with Gasteiger partial charge in [0.15, 0.2) is 0 Å². The zero-order valence-electron chi connectivity index (χ0n) is 10.2. The van der Waals surface area contributed by atoms with Crippen LogP contribution in [0.5, 0.6) is 0 Å². The molecular weight excluding hydrogens is 256 g/mol. The van der Waals surface area contributed by atoms with Gasteiger partial charge in [-0.2, -0.15) is 0 Å². The molecule has 0 fully saturated rings. The summed E-state index contributed by atoms with van der Waals surface area (Å²) in [7, 11) is -3.85. The largest absolute Gasteiger partial charge is 0.478 e. The molecule has 0 radical (unpaired) electrons. The van der Waals surface area contributed by atoms with Crippen molar-refractivity contribution in [3.05, 3.63) is 23.8 Å². The molecular formula is C11H16N2O4S. The van der Waals surface area contributed by atoms with E-state index < -0.39 is 16.0 Å². The third-order valence-electron chi connectivity index (χ3n) is 2.49. The highest BCUT2D eigenvalue weighted by Crippen LogP contribution is 2.19. The Morgan fingerprint density at radius 2 is 2.11 bits per heavy atom. The molecule has 0 aliphatic carbocycles. The van der Waals surface area contributed by atoms with E-state index in [2.05, 4.69) is 4.72 Å². The summed E-state index contributed by atoms with van der Waals surface area (Å²) in [6.45, 7) is 3.53. The Morgan fingerprint density at radius 3 is 2.61 bits per heavy atom. The van der Waals surface area contributed by atoms with Gasteiger partial charge in [-0.1, -0.05) is 6.92 Å². The van der Waals surface area contributed by atoms with Gasteiger partial charge in [0.1, 0.15) is 0 Å². The fourth-order valence-corrected chi connectivity index (χ4v) is 2.87. The van der Waals surface area contributed by atoms with Gasteiger partial charge in [-0.05, 0) is 31.5 Å². The Bertz CT molecular complexity index is 554. The predicted molar refractivity (Wildman–Crippen MR) is 67.9 cm³/mol. The second-order valence-corrected chi connectivity index (χ2v) is 5.67. The van der Waals surface area contributed by atoms with Gasteiger partial charge >= 0.3 is 5.97 Å². The van der Waals surface area contributed by atoms with Crippen LogP contribution in [-0.2, 0) is 10.0 Å². The smallest absolute Gasteiger partial charge is 0.337 e. The number of nitrogens with two attached hydrogens (primary N) is 1. The molecule has 1 atom stereocenters. The van der Waals surface area contributed by atoms with Gasteiger partial charge in [0.25, 0.3) is 0 Å². The average Bonchev–Trinajstić information content (AvgIpc) is 2.27. The summed E-state index contributed by atoms with van der Waals surface area (Å²) < 4.78 is 26.5. The normalized spacial score (nSPS) is 13.2. The zero-order valence-corrected chi connectivity index (χ0v) is 11.0. The SMILES string of the molecule is CCC(C)NS(=O)(=O)c1ccc(N)cc1C(=O)O. The minimum absolute atomic E-state index is 0.204. The highest BCUT2D eigenvalue weighted by molar-refractivity contribution is 7.89. The molecule has 1 unspecified atom stereocenters. The van der Waals surface area contributed by atoms with Crippen molar-refractivity contribution in [2.45, 2.75) is 31.2 Å². The number of carboxylic acid groups (broad SMARTS) is 1. The topological polar surface area (TPSA) is 109 Å². The van der Waals surface area contributed by atoms with Gasteiger partial charge in [-0.3, -0.25) is 0 Å². The highest BCUT2D eigenvalue weighted by atomic mass is 32.2. The van der Waals surface area contributed by atoms with E-state index in [0.29, 0.717) is 6.42 Å². The molecule has 4 N–H and O–H groups in total.